The molecule has 0 aliphatic rings. The summed E-state index contributed by atoms with van der Waals surface area (Å²) in [6.45, 7) is 2.06. The van der Waals surface area contributed by atoms with Crippen molar-refractivity contribution in [3.63, 3.8) is 0 Å². The fourth-order valence-corrected chi connectivity index (χ4v) is 6.69. The van der Waals surface area contributed by atoms with Gasteiger partial charge < -0.3 is 19.4 Å². The van der Waals surface area contributed by atoms with Crippen LogP contribution in [0.25, 0.3) is 6.08 Å². The summed E-state index contributed by atoms with van der Waals surface area (Å²) in [4.78, 5) is 66.4. The minimum atomic E-state index is -1.03. The minimum Gasteiger partial charge on any atom is -0.464 e. The average Bonchev–Trinajstić information content (AvgIpc) is 3.93. The Morgan fingerprint density at radius 2 is 1.36 bits per heavy atom. The van der Waals surface area contributed by atoms with Gasteiger partial charge in [-0.3, -0.25) is 60.9 Å². The van der Waals surface area contributed by atoms with Gasteiger partial charge in [-0.1, -0.05) is 37.6 Å². The maximum atomic E-state index is 13.6. The predicted octanol–water partition coefficient (Wildman–Crippen LogP) is 3.31. The molecule has 2 atom stereocenters. The SMILES string of the molecule is CCCCc1ncc(/C=C(\Cc2ccsc2)C(=O)NCCOC(=O)CCCC(CON(O)O)ON(O)O)n1Cc1ccc(CONCCOC(=O)CCCC(CON(O)O)ON(O)O)cc1. The molecule has 0 fully saturated rings. The van der Waals surface area contributed by atoms with E-state index >= 15 is 0 Å². The molecule has 2 unspecified atom stereocenters. The van der Waals surface area contributed by atoms with Gasteiger partial charge in [0.25, 0.3) is 0 Å². The topological polar surface area (TPSA) is 333 Å². The molecular weight excluding hydrogens is 901 g/mol. The van der Waals surface area contributed by atoms with Crippen LogP contribution in [0.2, 0.25) is 0 Å². The zero-order chi connectivity index (χ0) is 48.1. The maximum Gasteiger partial charge on any atom is 0.305 e. The van der Waals surface area contributed by atoms with Gasteiger partial charge in [-0.25, -0.2) is 24.3 Å². The first-order chi connectivity index (χ1) is 31.7. The third-order valence-electron chi connectivity index (χ3n) is 9.19. The first-order valence-corrected chi connectivity index (χ1v) is 21.7. The van der Waals surface area contributed by atoms with Crippen LogP contribution in [0, 0.1) is 0 Å². The fraction of sp³-hybridized carbons (Fsp3) is 0.538. The van der Waals surface area contributed by atoms with Crippen molar-refractivity contribution in [3.8, 4) is 0 Å². The Hall–Kier alpha value is -4.44. The number of imidazole rings is 1. The van der Waals surface area contributed by atoms with E-state index in [1.54, 1.807) is 6.20 Å². The van der Waals surface area contributed by atoms with Crippen LogP contribution in [0.3, 0.4) is 0 Å². The average molecular weight is 961 g/mol. The zero-order valence-corrected chi connectivity index (χ0v) is 37.1. The highest BCUT2D eigenvalue weighted by Crippen LogP contribution is 2.20. The number of thiophene rings is 1. The van der Waals surface area contributed by atoms with Gasteiger partial charge in [-0.05, 0) is 71.7 Å². The van der Waals surface area contributed by atoms with Gasteiger partial charge >= 0.3 is 11.9 Å². The van der Waals surface area contributed by atoms with Crippen LogP contribution in [-0.2, 0) is 74.0 Å². The van der Waals surface area contributed by atoms with Crippen LogP contribution < -0.4 is 10.8 Å². The van der Waals surface area contributed by atoms with Gasteiger partial charge in [0.15, 0.2) is 0 Å². The highest BCUT2D eigenvalue weighted by molar-refractivity contribution is 7.07. The van der Waals surface area contributed by atoms with Crippen molar-refractivity contribution < 1.29 is 89.7 Å². The molecule has 2 aromatic heterocycles. The van der Waals surface area contributed by atoms with E-state index in [0.717, 1.165) is 47.5 Å². The summed E-state index contributed by atoms with van der Waals surface area (Å²) in [6.07, 6.45) is 4.96. The molecule has 0 saturated carbocycles. The second-order valence-electron chi connectivity index (χ2n) is 14.3. The Morgan fingerprint density at radius 1 is 0.773 bits per heavy atom. The molecular formula is C39H60N8O18S. The van der Waals surface area contributed by atoms with E-state index in [0.29, 0.717) is 18.5 Å². The van der Waals surface area contributed by atoms with Crippen molar-refractivity contribution in [1.82, 2.24) is 41.9 Å². The number of aromatic nitrogens is 2. The molecule has 66 heavy (non-hydrogen) atoms. The molecule has 0 aliphatic carbocycles. The zero-order valence-electron chi connectivity index (χ0n) is 36.3. The number of unbranched alkanes of at least 4 members (excludes halogenated alkanes) is 1. The maximum absolute atomic E-state index is 13.6. The number of carbonyl (C=O) groups excluding carboxylic acids is 3. The van der Waals surface area contributed by atoms with E-state index in [4.69, 9.17) is 61.0 Å². The largest absolute Gasteiger partial charge is 0.464 e. The van der Waals surface area contributed by atoms with Crippen LogP contribution in [0.15, 0.2) is 52.9 Å². The van der Waals surface area contributed by atoms with E-state index in [1.165, 1.54) is 11.3 Å². The summed E-state index contributed by atoms with van der Waals surface area (Å²) in [7, 11) is 0. The van der Waals surface area contributed by atoms with Crippen LogP contribution in [-0.4, -0.2) is 142 Å². The van der Waals surface area contributed by atoms with Gasteiger partial charge in [0, 0.05) is 37.8 Å². The Bertz CT molecular complexity index is 1840. The summed E-state index contributed by atoms with van der Waals surface area (Å²) in [5.74, 6) is -0.569. The fourth-order valence-electron chi connectivity index (χ4n) is 6.02. The second-order valence-corrected chi connectivity index (χ2v) is 15.1. The van der Waals surface area contributed by atoms with Crippen molar-refractivity contribution in [2.24, 2.45) is 0 Å². The molecule has 0 bridgehead atoms. The number of amides is 1. The highest BCUT2D eigenvalue weighted by atomic mass is 32.1. The van der Waals surface area contributed by atoms with E-state index in [2.05, 4.69) is 41.6 Å². The van der Waals surface area contributed by atoms with Gasteiger partial charge in [0.05, 0.1) is 53.1 Å². The molecule has 3 aromatic rings. The molecule has 0 saturated heterocycles. The molecule has 0 aliphatic heterocycles. The summed E-state index contributed by atoms with van der Waals surface area (Å²) < 4.78 is 12.5. The number of nitrogens with zero attached hydrogens (tertiary/aromatic N) is 6. The monoisotopic (exact) mass is 960 g/mol. The number of ether oxygens (including phenoxy) is 2. The third kappa shape index (κ3) is 24.4. The molecule has 3 rings (SSSR count). The Balaban J connectivity index is 1.51. The lowest BCUT2D eigenvalue weighted by atomic mass is 10.1. The Kier molecular flexibility index (Phi) is 27.3. The lowest BCUT2D eigenvalue weighted by molar-refractivity contribution is -0.527. The van der Waals surface area contributed by atoms with Crippen molar-refractivity contribution in [3.05, 3.63) is 81.1 Å². The predicted molar refractivity (Wildman–Crippen MR) is 221 cm³/mol. The van der Waals surface area contributed by atoms with Crippen LogP contribution >= 0.6 is 11.3 Å². The third-order valence-corrected chi connectivity index (χ3v) is 9.92. The lowest BCUT2D eigenvalue weighted by Crippen LogP contribution is -2.31. The summed E-state index contributed by atoms with van der Waals surface area (Å²) in [5.41, 5.74) is 6.76. The number of hydrogen-bond acceptors (Lipinski definition) is 25. The second kappa shape index (κ2) is 32.3. The number of benzene rings is 1. The summed E-state index contributed by atoms with van der Waals surface area (Å²) in [6, 6.07) is 9.74. The molecule has 27 heteroatoms. The van der Waals surface area contributed by atoms with Crippen molar-refractivity contribution in [2.45, 2.75) is 96.5 Å². The Labute approximate surface area is 383 Å². The molecule has 10 N–H and O–H groups in total. The normalized spacial score (nSPS) is 13.0. The van der Waals surface area contributed by atoms with E-state index in [1.807, 2.05) is 47.2 Å². The number of esters is 2. The number of nitrogens with one attached hydrogen (secondary N) is 2. The summed E-state index contributed by atoms with van der Waals surface area (Å²) in [5, 5.41) is 74.7. The van der Waals surface area contributed by atoms with E-state index in [-0.39, 0.29) is 77.3 Å². The molecule has 2 heterocycles. The number of aryl methyl sites for hydroxylation is 1. The van der Waals surface area contributed by atoms with Gasteiger partial charge in [0.1, 0.15) is 44.5 Å². The van der Waals surface area contributed by atoms with Crippen LogP contribution in [0.1, 0.15) is 86.5 Å². The number of carbonyl (C=O) groups is 3. The van der Waals surface area contributed by atoms with Crippen LogP contribution in [0.5, 0.6) is 0 Å². The summed E-state index contributed by atoms with van der Waals surface area (Å²) >= 11 is 1.51. The van der Waals surface area contributed by atoms with Gasteiger partial charge in [-0.2, -0.15) is 16.8 Å². The van der Waals surface area contributed by atoms with Gasteiger partial charge in [-0.15, -0.1) is 0 Å². The standard InChI is InChI=1S/C39H60N8O18S/c1-2-3-8-36-41-23-33(22-32(21-31-15-20-66-28-31)39(50)40-16-18-59-37(48)9-4-6-34(64-46(55)56)26-62-44(51)52)43(36)24-29-11-13-30(14-12-29)25-61-42-17-19-60-38(49)10-5-7-35(65-47(57)58)27-63-45(53)54/h11-15,20,22-23,28,34-35,42,51-58H,2-10,16-19,21,24-27H2,1H3,(H,40,50)/b32-22+. The van der Waals surface area contributed by atoms with Crippen molar-refractivity contribution >= 4 is 35.3 Å². The van der Waals surface area contributed by atoms with Gasteiger partial charge in [0.2, 0.25) is 5.91 Å². The molecule has 0 spiro atoms. The smallest absolute Gasteiger partial charge is 0.305 e. The van der Waals surface area contributed by atoms with Crippen molar-refractivity contribution in [2.75, 3.05) is 39.5 Å². The number of hydroxylamine groups is 1. The first kappa shape index (κ1) is 55.9. The number of rotatable bonds is 36. The molecule has 1 amide bonds. The quantitative estimate of drug-likeness (QED) is 0.0173. The van der Waals surface area contributed by atoms with Crippen LogP contribution in [0.4, 0.5) is 0 Å². The first-order valence-electron chi connectivity index (χ1n) is 20.8. The molecule has 26 nitrogen and oxygen atoms in total. The minimum absolute atomic E-state index is 0.0169. The lowest BCUT2D eigenvalue weighted by Gasteiger charge is -2.18. The molecule has 370 valence electrons. The van der Waals surface area contributed by atoms with E-state index in [9.17, 15) is 14.4 Å². The molecule has 0 radical (unpaired) electrons. The Morgan fingerprint density at radius 3 is 1.91 bits per heavy atom. The van der Waals surface area contributed by atoms with E-state index < -0.39 is 58.9 Å². The van der Waals surface area contributed by atoms with Crippen molar-refractivity contribution in [1.29, 1.82) is 0 Å². The highest BCUT2D eigenvalue weighted by Gasteiger charge is 2.19. The number of hydrogen-bond donors (Lipinski definition) is 10. The molecule has 1 aromatic carbocycles.